The molecule has 0 atom stereocenters. The lowest BCUT2D eigenvalue weighted by atomic mass is 10.2. The van der Waals surface area contributed by atoms with Crippen LogP contribution in [0.1, 0.15) is 19.4 Å². The third kappa shape index (κ3) is 5.18. The number of esters is 1. The zero-order chi connectivity index (χ0) is 14.1. The van der Waals surface area contributed by atoms with Crippen molar-refractivity contribution in [2.75, 3.05) is 26.9 Å². The van der Waals surface area contributed by atoms with Gasteiger partial charge in [-0.1, -0.05) is 13.0 Å². The van der Waals surface area contributed by atoms with Crippen molar-refractivity contribution in [2.45, 2.75) is 20.4 Å². The van der Waals surface area contributed by atoms with Crippen molar-refractivity contribution < 1.29 is 19.0 Å². The van der Waals surface area contributed by atoms with Crippen LogP contribution in [0.15, 0.2) is 18.2 Å². The minimum atomic E-state index is -0.417. The number of hydrogen-bond donors (Lipinski definition) is 1. The summed E-state index contributed by atoms with van der Waals surface area (Å²) in [6.07, 6.45) is 0. The Labute approximate surface area is 113 Å². The minimum absolute atomic E-state index is 0.122. The monoisotopic (exact) mass is 267 g/mol. The highest BCUT2D eigenvalue weighted by molar-refractivity contribution is 5.71. The van der Waals surface area contributed by atoms with Gasteiger partial charge in [-0.25, -0.2) is 4.79 Å². The Morgan fingerprint density at radius 1 is 1.21 bits per heavy atom. The molecule has 0 fully saturated rings. The van der Waals surface area contributed by atoms with E-state index >= 15 is 0 Å². The van der Waals surface area contributed by atoms with E-state index in [0.29, 0.717) is 18.1 Å². The minimum Gasteiger partial charge on any atom is -0.490 e. The van der Waals surface area contributed by atoms with Crippen LogP contribution in [0.25, 0.3) is 0 Å². The Bertz CT molecular complexity index is 406. The quantitative estimate of drug-likeness (QED) is 0.727. The third-order valence-corrected chi connectivity index (χ3v) is 2.46. The first-order valence-corrected chi connectivity index (χ1v) is 6.37. The topological polar surface area (TPSA) is 56.8 Å². The van der Waals surface area contributed by atoms with Gasteiger partial charge < -0.3 is 19.5 Å². The predicted octanol–water partition coefficient (Wildman–Crippen LogP) is 1.75. The van der Waals surface area contributed by atoms with E-state index in [0.717, 1.165) is 18.7 Å². The number of ether oxygens (including phenoxy) is 3. The molecule has 0 unspecified atom stereocenters. The SMILES string of the molecule is CCNCc1ccc(OCC(=O)OC)c(OCC)c1. The fourth-order valence-corrected chi connectivity index (χ4v) is 1.51. The van der Waals surface area contributed by atoms with E-state index in [-0.39, 0.29) is 6.61 Å². The summed E-state index contributed by atoms with van der Waals surface area (Å²) in [5.74, 6) is 0.772. The van der Waals surface area contributed by atoms with Crippen molar-refractivity contribution in [1.82, 2.24) is 5.32 Å². The summed E-state index contributed by atoms with van der Waals surface area (Å²) in [6, 6.07) is 5.66. The molecule has 0 aliphatic carbocycles. The molecular formula is C14H21NO4. The summed E-state index contributed by atoms with van der Waals surface area (Å²) in [7, 11) is 1.33. The first kappa shape index (κ1) is 15.3. The highest BCUT2D eigenvalue weighted by Gasteiger charge is 2.09. The van der Waals surface area contributed by atoms with E-state index in [1.54, 1.807) is 6.07 Å². The van der Waals surface area contributed by atoms with Crippen LogP contribution in [0.3, 0.4) is 0 Å². The predicted molar refractivity (Wildman–Crippen MR) is 72.5 cm³/mol. The average Bonchev–Trinajstić information content (AvgIpc) is 2.44. The Morgan fingerprint density at radius 2 is 2.00 bits per heavy atom. The van der Waals surface area contributed by atoms with Gasteiger partial charge in [0, 0.05) is 6.54 Å². The maximum Gasteiger partial charge on any atom is 0.343 e. The van der Waals surface area contributed by atoms with Crippen LogP contribution in [0.5, 0.6) is 11.5 Å². The number of methoxy groups -OCH3 is 1. The number of carbonyl (C=O) groups excluding carboxylic acids is 1. The van der Waals surface area contributed by atoms with Gasteiger partial charge in [0.25, 0.3) is 0 Å². The number of hydrogen-bond acceptors (Lipinski definition) is 5. The Morgan fingerprint density at radius 3 is 2.63 bits per heavy atom. The van der Waals surface area contributed by atoms with Gasteiger partial charge in [-0.3, -0.25) is 0 Å². The lowest BCUT2D eigenvalue weighted by Crippen LogP contribution is -2.14. The van der Waals surface area contributed by atoms with Crippen molar-refractivity contribution in [3.8, 4) is 11.5 Å². The average molecular weight is 267 g/mol. The van der Waals surface area contributed by atoms with Gasteiger partial charge in [0.05, 0.1) is 13.7 Å². The summed E-state index contributed by atoms with van der Waals surface area (Å²) < 4.78 is 15.4. The van der Waals surface area contributed by atoms with Crippen LogP contribution in [-0.4, -0.2) is 32.8 Å². The molecule has 5 heteroatoms. The maximum atomic E-state index is 11.1. The lowest BCUT2D eigenvalue weighted by Gasteiger charge is -2.13. The first-order valence-electron chi connectivity index (χ1n) is 6.37. The van der Waals surface area contributed by atoms with Crippen molar-refractivity contribution in [3.05, 3.63) is 23.8 Å². The van der Waals surface area contributed by atoms with Gasteiger partial charge in [0.1, 0.15) is 0 Å². The van der Waals surface area contributed by atoms with Gasteiger partial charge >= 0.3 is 5.97 Å². The summed E-state index contributed by atoms with van der Waals surface area (Å²) >= 11 is 0. The fraction of sp³-hybridized carbons (Fsp3) is 0.500. The van der Waals surface area contributed by atoms with E-state index in [1.807, 2.05) is 19.1 Å². The summed E-state index contributed by atoms with van der Waals surface area (Å²) in [5, 5.41) is 3.24. The molecule has 1 aromatic rings. The van der Waals surface area contributed by atoms with Gasteiger partial charge in [-0.2, -0.15) is 0 Å². The van der Waals surface area contributed by atoms with Crippen molar-refractivity contribution in [2.24, 2.45) is 0 Å². The Kier molecular flexibility index (Phi) is 6.74. The van der Waals surface area contributed by atoms with Gasteiger partial charge in [0.2, 0.25) is 0 Å². The summed E-state index contributed by atoms with van der Waals surface area (Å²) in [4.78, 5) is 11.1. The molecule has 0 aliphatic heterocycles. The van der Waals surface area contributed by atoms with Crippen LogP contribution in [0.2, 0.25) is 0 Å². The van der Waals surface area contributed by atoms with Crippen molar-refractivity contribution >= 4 is 5.97 Å². The Hall–Kier alpha value is -1.75. The number of nitrogens with one attached hydrogen (secondary N) is 1. The van der Waals surface area contributed by atoms with E-state index in [2.05, 4.69) is 17.0 Å². The van der Waals surface area contributed by atoms with E-state index in [9.17, 15) is 4.79 Å². The van der Waals surface area contributed by atoms with Crippen LogP contribution in [-0.2, 0) is 16.1 Å². The molecule has 0 heterocycles. The standard InChI is InChI=1S/C14H21NO4/c1-4-15-9-11-6-7-12(13(8-11)18-5-2)19-10-14(16)17-3/h6-8,15H,4-5,9-10H2,1-3H3. The molecule has 0 radical (unpaired) electrons. The molecule has 106 valence electrons. The van der Waals surface area contributed by atoms with Crippen LogP contribution >= 0.6 is 0 Å². The molecule has 19 heavy (non-hydrogen) atoms. The molecule has 1 rings (SSSR count). The van der Waals surface area contributed by atoms with Crippen LogP contribution < -0.4 is 14.8 Å². The van der Waals surface area contributed by atoms with Crippen molar-refractivity contribution in [3.63, 3.8) is 0 Å². The number of rotatable bonds is 8. The third-order valence-electron chi connectivity index (χ3n) is 2.46. The summed E-state index contributed by atoms with van der Waals surface area (Å²) in [6.45, 7) is 6.05. The first-order chi connectivity index (χ1) is 9.21. The van der Waals surface area contributed by atoms with Crippen LogP contribution in [0, 0.1) is 0 Å². The molecule has 1 aromatic carbocycles. The molecule has 0 saturated carbocycles. The van der Waals surface area contributed by atoms with Crippen LogP contribution in [0.4, 0.5) is 0 Å². The molecular weight excluding hydrogens is 246 g/mol. The van der Waals surface area contributed by atoms with Gasteiger partial charge in [-0.15, -0.1) is 0 Å². The molecule has 0 amide bonds. The highest BCUT2D eigenvalue weighted by Crippen LogP contribution is 2.28. The smallest absolute Gasteiger partial charge is 0.343 e. The molecule has 0 aromatic heterocycles. The molecule has 5 nitrogen and oxygen atoms in total. The van der Waals surface area contributed by atoms with E-state index in [1.165, 1.54) is 7.11 Å². The van der Waals surface area contributed by atoms with Gasteiger partial charge in [0.15, 0.2) is 18.1 Å². The molecule has 1 N–H and O–H groups in total. The van der Waals surface area contributed by atoms with Crippen molar-refractivity contribution in [1.29, 1.82) is 0 Å². The zero-order valence-corrected chi connectivity index (χ0v) is 11.7. The highest BCUT2D eigenvalue weighted by atomic mass is 16.6. The molecule has 0 aliphatic rings. The fourth-order valence-electron chi connectivity index (χ4n) is 1.51. The summed E-state index contributed by atoms with van der Waals surface area (Å²) in [5.41, 5.74) is 1.11. The lowest BCUT2D eigenvalue weighted by molar-refractivity contribution is -0.142. The second-order valence-electron chi connectivity index (χ2n) is 3.86. The molecule has 0 saturated heterocycles. The molecule has 0 spiro atoms. The number of carbonyl (C=O) groups is 1. The normalized spacial score (nSPS) is 10.1. The number of benzene rings is 1. The Balaban J connectivity index is 2.75. The van der Waals surface area contributed by atoms with E-state index < -0.39 is 5.97 Å². The zero-order valence-electron chi connectivity index (χ0n) is 11.7. The van der Waals surface area contributed by atoms with Gasteiger partial charge in [-0.05, 0) is 31.2 Å². The second-order valence-corrected chi connectivity index (χ2v) is 3.86. The van der Waals surface area contributed by atoms with E-state index in [4.69, 9.17) is 9.47 Å². The largest absolute Gasteiger partial charge is 0.490 e. The second kappa shape index (κ2) is 8.37. The molecule has 0 bridgehead atoms. The maximum absolute atomic E-state index is 11.1.